The second-order valence-electron chi connectivity index (χ2n) is 8.93. The van der Waals surface area contributed by atoms with Crippen molar-refractivity contribution in [3.05, 3.63) is 65.7 Å². The Hall–Kier alpha value is -3.15. The molecule has 0 saturated carbocycles. The number of hydrogen-bond acceptors (Lipinski definition) is 3. The maximum atomic E-state index is 13.2. The molecule has 0 aromatic heterocycles. The summed E-state index contributed by atoms with van der Waals surface area (Å²) < 4.78 is 0. The SMILES string of the molecule is CN(CCCc1ccccc1)C(=O)CCCN1C(=O)c2ccccc2N2C(=O)CCC12C. The van der Waals surface area contributed by atoms with Gasteiger partial charge in [0.05, 0.1) is 11.3 Å². The summed E-state index contributed by atoms with van der Waals surface area (Å²) in [6, 6.07) is 17.6. The Bertz CT molecular complexity index is 1010. The number of carbonyl (C=O) groups excluding carboxylic acids is 3. The van der Waals surface area contributed by atoms with Crippen LogP contribution in [0.1, 0.15) is 54.9 Å². The first-order chi connectivity index (χ1) is 15.4. The average molecular weight is 434 g/mol. The molecule has 32 heavy (non-hydrogen) atoms. The number of benzene rings is 2. The maximum Gasteiger partial charge on any atom is 0.257 e. The van der Waals surface area contributed by atoms with E-state index in [1.165, 1.54) is 5.56 Å². The van der Waals surface area contributed by atoms with Gasteiger partial charge in [0.25, 0.3) is 5.91 Å². The molecule has 2 heterocycles. The van der Waals surface area contributed by atoms with Crippen molar-refractivity contribution in [2.24, 2.45) is 0 Å². The van der Waals surface area contributed by atoms with Gasteiger partial charge in [0.1, 0.15) is 5.66 Å². The molecule has 1 fully saturated rings. The van der Waals surface area contributed by atoms with Crippen LogP contribution in [-0.4, -0.2) is 53.3 Å². The zero-order chi connectivity index (χ0) is 22.7. The Kier molecular flexibility index (Phi) is 6.31. The van der Waals surface area contributed by atoms with Gasteiger partial charge in [-0.15, -0.1) is 0 Å². The van der Waals surface area contributed by atoms with Crippen molar-refractivity contribution in [2.75, 3.05) is 25.0 Å². The van der Waals surface area contributed by atoms with Crippen LogP contribution in [0.5, 0.6) is 0 Å². The van der Waals surface area contributed by atoms with Crippen molar-refractivity contribution in [1.82, 2.24) is 9.80 Å². The first-order valence-corrected chi connectivity index (χ1v) is 11.4. The number of nitrogens with zero attached hydrogens (tertiary/aromatic N) is 3. The van der Waals surface area contributed by atoms with Crippen LogP contribution in [0.4, 0.5) is 5.69 Å². The van der Waals surface area contributed by atoms with E-state index in [4.69, 9.17) is 0 Å². The van der Waals surface area contributed by atoms with Crippen LogP contribution in [0.3, 0.4) is 0 Å². The van der Waals surface area contributed by atoms with Crippen molar-refractivity contribution in [2.45, 2.75) is 51.1 Å². The van der Waals surface area contributed by atoms with Gasteiger partial charge in [0.2, 0.25) is 11.8 Å². The van der Waals surface area contributed by atoms with Gasteiger partial charge in [-0.1, -0.05) is 42.5 Å². The minimum atomic E-state index is -0.660. The third-order valence-electron chi connectivity index (χ3n) is 6.75. The molecular weight excluding hydrogens is 402 g/mol. The Balaban J connectivity index is 1.33. The Morgan fingerprint density at radius 2 is 1.75 bits per heavy atom. The van der Waals surface area contributed by atoms with E-state index in [0.717, 1.165) is 12.8 Å². The molecule has 0 radical (unpaired) electrons. The number of rotatable bonds is 8. The predicted octanol–water partition coefficient (Wildman–Crippen LogP) is 3.86. The van der Waals surface area contributed by atoms with E-state index in [1.54, 1.807) is 20.8 Å². The standard InChI is InChI=1S/C26H31N3O3/c1-26-17-16-24(31)29(26)22-14-7-6-13-21(22)25(32)28(26)19-9-15-23(30)27(2)18-8-12-20-10-4-3-5-11-20/h3-7,10-11,13-14H,8-9,12,15-19H2,1-2H3. The number of anilines is 1. The Morgan fingerprint density at radius 3 is 2.53 bits per heavy atom. The Labute approximate surface area is 189 Å². The van der Waals surface area contributed by atoms with Crippen LogP contribution < -0.4 is 4.90 Å². The highest BCUT2D eigenvalue weighted by molar-refractivity contribution is 6.10. The summed E-state index contributed by atoms with van der Waals surface area (Å²) in [5.41, 5.74) is 1.88. The van der Waals surface area contributed by atoms with Crippen molar-refractivity contribution in [1.29, 1.82) is 0 Å². The molecule has 0 spiro atoms. The Morgan fingerprint density at radius 1 is 1.03 bits per heavy atom. The van der Waals surface area contributed by atoms with Crippen LogP contribution in [-0.2, 0) is 16.0 Å². The van der Waals surface area contributed by atoms with Gasteiger partial charge < -0.3 is 9.80 Å². The van der Waals surface area contributed by atoms with E-state index < -0.39 is 5.66 Å². The van der Waals surface area contributed by atoms with Crippen LogP contribution in [0.2, 0.25) is 0 Å². The lowest BCUT2D eigenvalue weighted by atomic mass is 9.98. The minimum absolute atomic E-state index is 0.0478. The maximum absolute atomic E-state index is 13.2. The van der Waals surface area contributed by atoms with Gasteiger partial charge in [-0.3, -0.25) is 19.3 Å². The first kappa shape index (κ1) is 22.1. The van der Waals surface area contributed by atoms with Gasteiger partial charge in [0.15, 0.2) is 0 Å². The van der Waals surface area contributed by atoms with Gasteiger partial charge >= 0.3 is 0 Å². The molecule has 1 unspecified atom stereocenters. The van der Waals surface area contributed by atoms with Crippen molar-refractivity contribution in [3.63, 3.8) is 0 Å². The molecule has 2 aromatic rings. The number of fused-ring (bicyclic) bond motifs is 3. The number of carbonyl (C=O) groups is 3. The zero-order valence-electron chi connectivity index (χ0n) is 18.9. The van der Waals surface area contributed by atoms with Crippen molar-refractivity contribution in [3.8, 4) is 0 Å². The lowest BCUT2D eigenvalue weighted by Crippen LogP contribution is -2.62. The lowest BCUT2D eigenvalue weighted by molar-refractivity contribution is -0.130. The number of para-hydroxylation sites is 1. The van der Waals surface area contributed by atoms with Crippen molar-refractivity contribution >= 4 is 23.4 Å². The molecule has 2 aliphatic rings. The van der Waals surface area contributed by atoms with E-state index in [0.29, 0.717) is 50.0 Å². The molecule has 2 aliphatic heterocycles. The molecule has 1 atom stereocenters. The van der Waals surface area contributed by atoms with Gasteiger partial charge in [-0.2, -0.15) is 0 Å². The molecule has 3 amide bonds. The monoisotopic (exact) mass is 433 g/mol. The molecule has 6 heteroatoms. The molecular formula is C26H31N3O3. The van der Waals surface area contributed by atoms with Gasteiger partial charge in [-0.25, -0.2) is 0 Å². The topological polar surface area (TPSA) is 60.9 Å². The van der Waals surface area contributed by atoms with Crippen LogP contribution >= 0.6 is 0 Å². The summed E-state index contributed by atoms with van der Waals surface area (Å²) in [6.07, 6.45) is 3.87. The molecule has 0 bridgehead atoms. The van der Waals surface area contributed by atoms with Crippen LogP contribution in [0.15, 0.2) is 54.6 Å². The summed E-state index contributed by atoms with van der Waals surface area (Å²) in [6.45, 7) is 3.13. The van der Waals surface area contributed by atoms with E-state index >= 15 is 0 Å². The van der Waals surface area contributed by atoms with Gasteiger partial charge in [-0.05, 0) is 50.3 Å². The summed E-state index contributed by atoms with van der Waals surface area (Å²) in [4.78, 5) is 43.9. The number of hydrogen-bond donors (Lipinski definition) is 0. The van der Waals surface area contributed by atoms with Crippen LogP contribution in [0, 0.1) is 0 Å². The summed E-state index contributed by atoms with van der Waals surface area (Å²) >= 11 is 0. The molecule has 1 saturated heterocycles. The lowest BCUT2D eigenvalue weighted by Gasteiger charge is -2.48. The fraction of sp³-hybridized carbons (Fsp3) is 0.423. The molecule has 0 N–H and O–H groups in total. The summed E-state index contributed by atoms with van der Waals surface area (Å²) in [5, 5.41) is 0. The van der Waals surface area contributed by atoms with E-state index in [9.17, 15) is 14.4 Å². The molecule has 0 aliphatic carbocycles. The minimum Gasteiger partial charge on any atom is -0.346 e. The van der Waals surface area contributed by atoms with E-state index in [2.05, 4.69) is 12.1 Å². The highest BCUT2D eigenvalue weighted by Crippen LogP contribution is 2.44. The number of aryl methyl sites for hydroxylation is 1. The quantitative estimate of drug-likeness (QED) is 0.635. The second-order valence-corrected chi connectivity index (χ2v) is 8.93. The fourth-order valence-corrected chi connectivity index (χ4v) is 4.91. The first-order valence-electron chi connectivity index (χ1n) is 11.4. The summed E-state index contributed by atoms with van der Waals surface area (Å²) in [7, 11) is 1.84. The average Bonchev–Trinajstić information content (AvgIpc) is 3.11. The molecule has 168 valence electrons. The zero-order valence-corrected chi connectivity index (χ0v) is 18.9. The highest BCUT2D eigenvalue weighted by atomic mass is 16.2. The fourth-order valence-electron chi connectivity index (χ4n) is 4.91. The third-order valence-corrected chi connectivity index (χ3v) is 6.75. The summed E-state index contributed by atoms with van der Waals surface area (Å²) in [5.74, 6) is 0.0804. The van der Waals surface area contributed by atoms with Crippen molar-refractivity contribution < 1.29 is 14.4 Å². The number of amides is 3. The third kappa shape index (κ3) is 4.14. The molecule has 2 aromatic carbocycles. The smallest absolute Gasteiger partial charge is 0.257 e. The predicted molar refractivity (Wildman–Crippen MR) is 124 cm³/mol. The van der Waals surface area contributed by atoms with Crippen LogP contribution in [0.25, 0.3) is 0 Å². The molecule has 4 rings (SSSR count). The van der Waals surface area contributed by atoms with Gasteiger partial charge in [0, 0.05) is 33.0 Å². The van der Waals surface area contributed by atoms with E-state index in [-0.39, 0.29) is 17.7 Å². The molecule has 6 nitrogen and oxygen atoms in total. The highest BCUT2D eigenvalue weighted by Gasteiger charge is 2.52. The van der Waals surface area contributed by atoms with E-state index in [1.807, 2.05) is 50.4 Å². The second kappa shape index (κ2) is 9.15. The normalized spacial score (nSPS) is 19.7. The largest absolute Gasteiger partial charge is 0.346 e.